The van der Waals surface area contributed by atoms with Crippen LogP contribution in [0.1, 0.15) is 24.8 Å². The summed E-state index contributed by atoms with van der Waals surface area (Å²) in [7, 11) is 0. The maximum Gasteiger partial charge on any atom is 0.316 e. The average molecular weight is 654 g/mol. The first-order chi connectivity index (χ1) is 18.7. The van der Waals surface area contributed by atoms with Gasteiger partial charge < -0.3 is 9.64 Å². The molecule has 3 fully saturated rings. The summed E-state index contributed by atoms with van der Waals surface area (Å²) in [5.41, 5.74) is 1.95. The lowest BCUT2D eigenvalue weighted by Crippen LogP contribution is -2.34. The van der Waals surface area contributed by atoms with E-state index in [1.165, 1.54) is 4.90 Å². The van der Waals surface area contributed by atoms with Crippen molar-refractivity contribution >= 4 is 77.7 Å². The molecule has 3 amide bonds. The van der Waals surface area contributed by atoms with Crippen LogP contribution in [0.15, 0.2) is 60.7 Å². The van der Waals surface area contributed by atoms with Gasteiger partial charge in [-0.05, 0) is 55.0 Å². The molecule has 5 atom stereocenters. The number of fused-ring (bicyclic) bond motifs is 2. The number of halogens is 2. The Balaban J connectivity index is 1.17. The van der Waals surface area contributed by atoms with Gasteiger partial charge in [-0.15, -0.1) is 0 Å². The number of benzene rings is 3. The van der Waals surface area contributed by atoms with Crippen LogP contribution in [0.4, 0.5) is 11.4 Å². The molecule has 1 saturated carbocycles. The lowest BCUT2D eigenvalue weighted by molar-refractivity contribution is -0.139. The van der Waals surface area contributed by atoms with E-state index in [2.05, 4.69) is 31.9 Å². The molecule has 0 N–H and O–H groups in total. The van der Waals surface area contributed by atoms with Gasteiger partial charge >= 0.3 is 5.97 Å². The summed E-state index contributed by atoms with van der Waals surface area (Å²) in [6.07, 6.45) is 1.28. The molecule has 3 aromatic rings. The van der Waals surface area contributed by atoms with Gasteiger partial charge in [0.2, 0.25) is 17.7 Å². The summed E-state index contributed by atoms with van der Waals surface area (Å²) in [4.78, 5) is 55.6. The van der Waals surface area contributed by atoms with Crippen LogP contribution in [0.3, 0.4) is 0 Å². The van der Waals surface area contributed by atoms with Gasteiger partial charge in [-0.1, -0.05) is 68.3 Å². The van der Waals surface area contributed by atoms with Crippen molar-refractivity contribution in [2.45, 2.75) is 35.8 Å². The number of aryl methyl sites for hydroxylation is 1. The third-order valence-electron chi connectivity index (χ3n) is 8.05. The number of hydrogen-bond donors (Lipinski definition) is 0. The molecule has 9 heteroatoms. The fourth-order valence-corrected chi connectivity index (χ4v) is 7.25. The van der Waals surface area contributed by atoms with Crippen molar-refractivity contribution in [3.63, 3.8) is 0 Å². The largest absolute Gasteiger partial charge is 0.426 e. The number of ether oxygens (including phenoxy) is 1. The van der Waals surface area contributed by atoms with Crippen molar-refractivity contribution in [2.24, 2.45) is 17.8 Å². The van der Waals surface area contributed by atoms with Gasteiger partial charge in [0.05, 0.1) is 29.1 Å². The number of nitrogens with zero attached hydrogens (tertiary/aromatic N) is 2. The Bertz CT molecular complexity index is 1490. The highest BCUT2D eigenvalue weighted by atomic mass is 79.9. The van der Waals surface area contributed by atoms with Crippen LogP contribution < -0.4 is 14.5 Å². The van der Waals surface area contributed by atoms with E-state index in [1.807, 2.05) is 42.5 Å². The Morgan fingerprint density at radius 3 is 2.23 bits per heavy atom. The Morgan fingerprint density at radius 1 is 0.872 bits per heavy atom. The maximum atomic E-state index is 13.2. The van der Waals surface area contributed by atoms with Crippen molar-refractivity contribution in [2.75, 3.05) is 16.3 Å². The lowest BCUT2D eigenvalue weighted by Gasteiger charge is -2.29. The standard InChI is InChI=1S/C30H26Br2N2O5/c1-16-11-19(9-10-25(16)34-28(36)21-13-23(31)24(32)14-22(21)29(34)37)39-30(38)18-12-27(35)33(15-18)26-8-4-6-17-5-2-3-7-20(17)26/h2-11,18,21-24H,12-15H2,1H3/t18-,21-,22-,23-,24+/m1/s1. The van der Waals surface area contributed by atoms with Gasteiger partial charge in [-0.25, -0.2) is 4.90 Å². The number of anilines is 2. The molecule has 0 aromatic heterocycles. The number of alkyl halides is 2. The SMILES string of the molecule is Cc1cc(OC(=O)[C@@H]2CC(=O)N(c3cccc4ccccc34)C2)ccc1N1C(=O)[C@@H]2C[C@@H](Br)[C@@H](Br)C[C@H]2C1=O. The van der Waals surface area contributed by atoms with E-state index in [-0.39, 0.29) is 52.2 Å². The summed E-state index contributed by atoms with van der Waals surface area (Å²) in [5.74, 6) is -1.92. The van der Waals surface area contributed by atoms with Crippen LogP contribution in [-0.4, -0.2) is 39.9 Å². The summed E-state index contributed by atoms with van der Waals surface area (Å²) in [5, 5.41) is 1.98. The van der Waals surface area contributed by atoms with Crippen LogP contribution >= 0.6 is 31.9 Å². The quantitative estimate of drug-likeness (QED) is 0.160. The van der Waals surface area contributed by atoms with Gasteiger partial charge in [0, 0.05) is 28.0 Å². The minimum Gasteiger partial charge on any atom is -0.426 e. The van der Waals surface area contributed by atoms with Crippen molar-refractivity contribution in [3.05, 3.63) is 66.2 Å². The summed E-state index contributed by atoms with van der Waals surface area (Å²) >= 11 is 7.24. The smallest absolute Gasteiger partial charge is 0.316 e. The van der Waals surface area contributed by atoms with Crippen LogP contribution in [0, 0.1) is 24.7 Å². The average Bonchev–Trinajstić information content (AvgIpc) is 3.41. The zero-order chi connectivity index (χ0) is 27.4. The predicted molar refractivity (Wildman–Crippen MR) is 155 cm³/mol. The Kier molecular flexibility index (Phi) is 6.83. The topological polar surface area (TPSA) is 84.0 Å². The first-order valence-electron chi connectivity index (χ1n) is 13.0. The van der Waals surface area contributed by atoms with Crippen molar-refractivity contribution < 1.29 is 23.9 Å². The summed E-state index contributed by atoms with van der Waals surface area (Å²) in [6, 6.07) is 18.5. The number of amides is 3. The van der Waals surface area contributed by atoms with Crippen LogP contribution in [0.2, 0.25) is 0 Å². The summed E-state index contributed by atoms with van der Waals surface area (Å²) in [6.45, 7) is 2.03. The van der Waals surface area contributed by atoms with Crippen LogP contribution in [0.5, 0.6) is 5.75 Å². The number of esters is 1. The molecule has 6 rings (SSSR count). The zero-order valence-electron chi connectivity index (χ0n) is 21.2. The van der Waals surface area contributed by atoms with E-state index in [4.69, 9.17) is 4.74 Å². The van der Waals surface area contributed by atoms with E-state index in [1.54, 1.807) is 30.0 Å². The van der Waals surface area contributed by atoms with Crippen molar-refractivity contribution in [3.8, 4) is 5.75 Å². The zero-order valence-corrected chi connectivity index (χ0v) is 24.4. The van der Waals surface area contributed by atoms with Gasteiger partial charge in [0.1, 0.15) is 5.75 Å². The van der Waals surface area contributed by atoms with E-state index in [0.29, 0.717) is 29.8 Å². The van der Waals surface area contributed by atoms with E-state index < -0.39 is 11.9 Å². The van der Waals surface area contributed by atoms with E-state index in [9.17, 15) is 19.2 Å². The lowest BCUT2D eigenvalue weighted by atomic mass is 9.81. The molecule has 2 saturated heterocycles. The fourth-order valence-electron chi connectivity index (χ4n) is 6.02. The molecular weight excluding hydrogens is 628 g/mol. The van der Waals surface area contributed by atoms with Gasteiger partial charge in [0.25, 0.3) is 0 Å². The number of carbonyl (C=O) groups is 4. The maximum absolute atomic E-state index is 13.2. The number of imide groups is 1. The molecule has 3 aliphatic rings. The molecule has 2 aliphatic heterocycles. The molecule has 2 heterocycles. The molecule has 1 aliphatic carbocycles. The molecule has 200 valence electrons. The molecule has 0 spiro atoms. The molecule has 0 radical (unpaired) electrons. The minimum absolute atomic E-state index is 0.0712. The second-order valence-electron chi connectivity index (χ2n) is 10.5. The Labute approximate surface area is 242 Å². The molecular formula is C30H26Br2N2O5. The highest BCUT2D eigenvalue weighted by Crippen LogP contribution is 2.45. The van der Waals surface area contributed by atoms with E-state index in [0.717, 1.165) is 16.5 Å². The van der Waals surface area contributed by atoms with Gasteiger partial charge in [-0.3, -0.25) is 19.2 Å². The summed E-state index contributed by atoms with van der Waals surface area (Å²) < 4.78 is 5.67. The molecule has 0 bridgehead atoms. The minimum atomic E-state index is -0.601. The first-order valence-corrected chi connectivity index (χ1v) is 14.8. The van der Waals surface area contributed by atoms with E-state index >= 15 is 0 Å². The monoisotopic (exact) mass is 652 g/mol. The van der Waals surface area contributed by atoms with Crippen LogP contribution in [0.25, 0.3) is 10.8 Å². The Morgan fingerprint density at radius 2 is 1.54 bits per heavy atom. The predicted octanol–water partition coefficient (Wildman–Crippen LogP) is 5.53. The van der Waals surface area contributed by atoms with Crippen LogP contribution in [-0.2, 0) is 19.2 Å². The van der Waals surface area contributed by atoms with Crippen molar-refractivity contribution in [1.82, 2.24) is 0 Å². The highest BCUT2D eigenvalue weighted by Gasteiger charge is 2.52. The normalized spacial score (nSPS) is 26.8. The number of rotatable bonds is 4. The second kappa shape index (κ2) is 10.2. The second-order valence-corrected chi connectivity index (χ2v) is 12.9. The third kappa shape index (κ3) is 4.59. The highest BCUT2D eigenvalue weighted by molar-refractivity contribution is 9.12. The number of carbonyl (C=O) groups excluding carboxylic acids is 4. The molecule has 7 nitrogen and oxygen atoms in total. The number of hydrogen-bond acceptors (Lipinski definition) is 5. The molecule has 3 aromatic carbocycles. The molecule has 39 heavy (non-hydrogen) atoms. The fraction of sp³-hybridized carbons (Fsp3) is 0.333. The third-order valence-corrected chi connectivity index (χ3v) is 10.8. The first kappa shape index (κ1) is 26.2. The van der Waals surface area contributed by atoms with Crippen molar-refractivity contribution in [1.29, 1.82) is 0 Å². The molecule has 0 unspecified atom stereocenters. The Hall–Kier alpha value is -3.04. The van der Waals surface area contributed by atoms with Gasteiger partial charge in [-0.2, -0.15) is 0 Å². The van der Waals surface area contributed by atoms with Gasteiger partial charge in [0.15, 0.2) is 0 Å².